The van der Waals surface area contributed by atoms with E-state index in [-0.39, 0.29) is 18.1 Å². The minimum absolute atomic E-state index is 0.0749. The highest BCUT2D eigenvalue weighted by atomic mass is 32.2. The number of benzene rings is 1. The smallest absolute Gasteiger partial charge is 0.416 e. The normalized spacial score (nSPS) is 13.4. The van der Waals surface area contributed by atoms with Crippen molar-refractivity contribution in [1.82, 2.24) is 10.0 Å². The minimum Gasteiger partial charge on any atom is -0.455 e. The van der Waals surface area contributed by atoms with Crippen LogP contribution in [0.2, 0.25) is 0 Å². The van der Waals surface area contributed by atoms with Gasteiger partial charge < -0.3 is 9.73 Å². The molecule has 0 saturated heterocycles. The lowest BCUT2D eigenvalue weighted by Crippen LogP contribution is -2.26. The molecule has 2 N–H and O–H groups in total. The first-order chi connectivity index (χ1) is 12.0. The van der Waals surface area contributed by atoms with Crippen molar-refractivity contribution in [2.24, 2.45) is 0 Å². The molecule has 1 amide bonds. The number of amides is 1. The first-order valence-electron chi connectivity index (χ1n) is 7.47. The molecule has 1 heterocycles. The molecule has 0 bridgehead atoms. The fraction of sp³-hybridized carbons (Fsp3) is 0.312. The van der Waals surface area contributed by atoms with Crippen molar-refractivity contribution in [3.05, 3.63) is 59.0 Å². The largest absolute Gasteiger partial charge is 0.455 e. The Kier molecular flexibility index (Phi) is 5.77. The molecule has 0 aliphatic heterocycles. The Bertz CT molecular complexity index is 891. The van der Waals surface area contributed by atoms with Crippen LogP contribution in [0.5, 0.6) is 0 Å². The molecule has 0 aliphatic carbocycles. The molecule has 0 saturated carbocycles. The van der Waals surface area contributed by atoms with Crippen molar-refractivity contribution in [2.45, 2.75) is 25.7 Å². The van der Waals surface area contributed by atoms with Gasteiger partial charge in [0.25, 0.3) is 5.91 Å². The predicted octanol–water partition coefficient (Wildman–Crippen LogP) is 2.84. The number of carbonyl (C=O) groups excluding carboxylic acids is 1. The molecule has 10 heteroatoms. The summed E-state index contributed by atoms with van der Waals surface area (Å²) in [6.07, 6.45) is -3.48. The molecule has 2 aromatic rings. The fourth-order valence-electron chi connectivity index (χ4n) is 2.13. The maximum Gasteiger partial charge on any atom is 0.416 e. The summed E-state index contributed by atoms with van der Waals surface area (Å²) >= 11 is 0. The monoisotopic (exact) mass is 390 g/mol. The van der Waals surface area contributed by atoms with Gasteiger partial charge in [0, 0.05) is 0 Å². The van der Waals surface area contributed by atoms with Gasteiger partial charge in [-0.3, -0.25) is 4.79 Å². The van der Waals surface area contributed by atoms with E-state index < -0.39 is 33.7 Å². The van der Waals surface area contributed by atoms with Gasteiger partial charge in [0.1, 0.15) is 5.76 Å². The van der Waals surface area contributed by atoms with Crippen LogP contribution in [0.1, 0.15) is 40.4 Å². The highest BCUT2D eigenvalue weighted by molar-refractivity contribution is 7.88. The van der Waals surface area contributed by atoms with Gasteiger partial charge in [-0.2, -0.15) is 13.2 Å². The van der Waals surface area contributed by atoms with Crippen molar-refractivity contribution < 1.29 is 30.8 Å². The summed E-state index contributed by atoms with van der Waals surface area (Å²) in [5.41, 5.74) is -0.512. The Morgan fingerprint density at radius 3 is 2.54 bits per heavy atom. The Morgan fingerprint density at radius 1 is 1.23 bits per heavy atom. The molecular weight excluding hydrogens is 373 g/mol. The average molecular weight is 390 g/mol. The van der Waals surface area contributed by atoms with Gasteiger partial charge in [0.05, 0.1) is 24.4 Å². The van der Waals surface area contributed by atoms with Gasteiger partial charge in [-0.1, -0.05) is 12.1 Å². The van der Waals surface area contributed by atoms with Gasteiger partial charge in [-0.05, 0) is 36.8 Å². The van der Waals surface area contributed by atoms with Crippen molar-refractivity contribution in [3.63, 3.8) is 0 Å². The van der Waals surface area contributed by atoms with E-state index >= 15 is 0 Å². The zero-order valence-electron chi connectivity index (χ0n) is 13.9. The molecule has 0 radical (unpaired) electrons. The molecule has 0 fully saturated rings. The van der Waals surface area contributed by atoms with Crippen LogP contribution in [0.4, 0.5) is 13.2 Å². The number of halogens is 3. The van der Waals surface area contributed by atoms with E-state index in [1.54, 1.807) is 6.92 Å². The molecule has 0 spiro atoms. The Balaban J connectivity index is 2.04. The van der Waals surface area contributed by atoms with Crippen LogP contribution >= 0.6 is 0 Å². The summed E-state index contributed by atoms with van der Waals surface area (Å²) < 4.78 is 67.8. The van der Waals surface area contributed by atoms with E-state index in [0.717, 1.165) is 18.4 Å². The summed E-state index contributed by atoms with van der Waals surface area (Å²) in [5, 5.41) is 2.54. The molecule has 0 aliphatic rings. The van der Waals surface area contributed by atoms with Crippen LogP contribution in [0.25, 0.3) is 0 Å². The topological polar surface area (TPSA) is 88.4 Å². The number of alkyl halides is 3. The molecule has 6 nitrogen and oxygen atoms in total. The van der Waals surface area contributed by atoms with Gasteiger partial charge >= 0.3 is 6.18 Å². The Labute approximate surface area is 148 Å². The summed E-state index contributed by atoms with van der Waals surface area (Å²) in [5.74, 6) is -0.470. The van der Waals surface area contributed by atoms with Crippen LogP contribution in [0.15, 0.2) is 40.8 Å². The van der Waals surface area contributed by atoms with Gasteiger partial charge in [-0.25, -0.2) is 13.1 Å². The number of rotatable bonds is 6. The molecular formula is C16H17F3N2O4S. The number of sulfonamides is 1. The standard InChI is InChI=1S/C16H17F3N2O4S/c1-10(11-4-3-5-12(8-11)16(17,18)19)21-15(22)14-7-6-13(25-14)9-20-26(2,23)24/h3-8,10,20H,9H2,1-2H3,(H,21,22). The third-order valence-electron chi connectivity index (χ3n) is 3.46. The van der Waals surface area contributed by atoms with E-state index in [4.69, 9.17) is 4.42 Å². The predicted molar refractivity (Wildman–Crippen MR) is 87.7 cm³/mol. The summed E-state index contributed by atoms with van der Waals surface area (Å²) in [7, 11) is -3.41. The third kappa shape index (κ3) is 5.60. The maximum absolute atomic E-state index is 12.8. The first-order valence-corrected chi connectivity index (χ1v) is 9.36. The molecule has 26 heavy (non-hydrogen) atoms. The third-order valence-corrected chi connectivity index (χ3v) is 4.12. The van der Waals surface area contributed by atoms with Crippen LogP contribution in [-0.2, 0) is 22.7 Å². The van der Waals surface area contributed by atoms with Crippen molar-refractivity contribution in [3.8, 4) is 0 Å². The van der Waals surface area contributed by atoms with Crippen molar-refractivity contribution in [1.29, 1.82) is 0 Å². The SMILES string of the molecule is CC(NC(=O)c1ccc(CNS(C)(=O)=O)o1)c1cccc(C(F)(F)F)c1. The van der Waals surface area contributed by atoms with Gasteiger partial charge in [0.15, 0.2) is 5.76 Å². The molecule has 1 unspecified atom stereocenters. The lowest BCUT2D eigenvalue weighted by atomic mass is 10.0. The minimum atomic E-state index is -4.47. The van der Waals surface area contributed by atoms with Crippen molar-refractivity contribution >= 4 is 15.9 Å². The highest BCUT2D eigenvalue weighted by Crippen LogP contribution is 2.30. The van der Waals surface area contributed by atoms with Crippen LogP contribution in [-0.4, -0.2) is 20.6 Å². The molecule has 2 rings (SSSR count). The lowest BCUT2D eigenvalue weighted by molar-refractivity contribution is -0.137. The summed E-state index contributed by atoms with van der Waals surface area (Å²) in [4.78, 5) is 12.2. The van der Waals surface area contributed by atoms with E-state index in [1.165, 1.54) is 24.3 Å². The first kappa shape index (κ1) is 20.0. The fourth-order valence-corrected chi connectivity index (χ4v) is 2.54. The summed E-state index contributed by atoms with van der Waals surface area (Å²) in [6, 6.07) is 6.76. The second-order valence-corrected chi connectivity index (χ2v) is 7.51. The van der Waals surface area contributed by atoms with Crippen LogP contribution in [0, 0.1) is 0 Å². The maximum atomic E-state index is 12.8. The van der Waals surface area contributed by atoms with E-state index in [2.05, 4.69) is 10.0 Å². The Morgan fingerprint density at radius 2 is 1.92 bits per heavy atom. The number of furan rings is 1. The second kappa shape index (κ2) is 7.50. The van der Waals surface area contributed by atoms with E-state index in [0.29, 0.717) is 5.56 Å². The number of hydrogen-bond acceptors (Lipinski definition) is 4. The average Bonchev–Trinajstić information content (AvgIpc) is 3.01. The molecule has 1 aromatic heterocycles. The quantitative estimate of drug-likeness (QED) is 0.794. The number of nitrogens with one attached hydrogen (secondary N) is 2. The van der Waals surface area contributed by atoms with Gasteiger partial charge in [0.2, 0.25) is 10.0 Å². The van der Waals surface area contributed by atoms with E-state index in [1.807, 2.05) is 0 Å². The number of hydrogen-bond donors (Lipinski definition) is 2. The van der Waals surface area contributed by atoms with Crippen LogP contribution < -0.4 is 10.0 Å². The zero-order chi connectivity index (χ0) is 19.5. The lowest BCUT2D eigenvalue weighted by Gasteiger charge is -2.15. The van der Waals surface area contributed by atoms with Crippen LogP contribution in [0.3, 0.4) is 0 Å². The summed E-state index contributed by atoms with van der Waals surface area (Å²) in [6.45, 7) is 1.43. The molecule has 1 atom stereocenters. The molecule has 1 aromatic carbocycles. The number of carbonyl (C=O) groups is 1. The molecule has 142 valence electrons. The van der Waals surface area contributed by atoms with Crippen molar-refractivity contribution in [2.75, 3.05) is 6.26 Å². The Hall–Kier alpha value is -2.33. The highest BCUT2D eigenvalue weighted by Gasteiger charge is 2.30. The zero-order valence-corrected chi connectivity index (χ0v) is 14.7. The second-order valence-electron chi connectivity index (χ2n) is 5.68. The van der Waals surface area contributed by atoms with Gasteiger partial charge in [-0.15, -0.1) is 0 Å². The van der Waals surface area contributed by atoms with E-state index in [9.17, 15) is 26.4 Å².